The molecule has 0 fully saturated rings. The van der Waals surface area contributed by atoms with Crippen molar-refractivity contribution in [2.75, 3.05) is 0 Å². The Morgan fingerprint density at radius 3 is 2.55 bits per heavy atom. The van der Waals surface area contributed by atoms with Gasteiger partial charge in [-0.15, -0.1) is 0 Å². The van der Waals surface area contributed by atoms with Crippen LogP contribution < -0.4 is 0 Å². The Kier molecular flexibility index (Phi) is 4.04. The number of rotatable bonds is 3. The topological polar surface area (TPSA) is 33.1 Å². The van der Waals surface area contributed by atoms with Gasteiger partial charge in [0.25, 0.3) is 0 Å². The Morgan fingerprint density at radius 2 is 1.95 bits per heavy atom. The second kappa shape index (κ2) is 5.58. The van der Waals surface area contributed by atoms with Crippen molar-refractivity contribution < 1.29 is 22.7 Å². The maximum Gasteiger partial charge on any atom is 0.419 e. The summed E-state index contributed by atoms with van der Waals surface area (Å²) in [6, 6.07) is 5.85. The second-order valence-corrected chi connectivity index (χ2v) is 4.32. The summed E-state index contributed by atoms with van der Waals surface area (Å²) in [6.07, 6.45) is -2.77. The summed E-state index contributed by atoms with van der Waals surface area (Å²) in [4.78, 5) is 3.85. The van der Waals surface area contributed by atoms with Gasteiger partial charge in [-0.2, -0.15) is 13.2 Å². The van der Waals surface area contributed by atoms with Crippen LogP contribution in [-0.4, -0.2) is 10.1 Å². The molecule has 6 heteroatoms. The molecule has 0 aliphatic heterocycles. The average Bonchev–Trinajstić information content (AvgIpc) is 2.39. The van der Waals surface area contributed by atoms with Gasteiger partial charge in [-0.05, 0) is 29.3 Å². The van der Waals surface area contributed by atoms with Crippen molar-refractivity contribution in [3.63, 3.8) is 0 Å². The van der Waals surface area contributed by atoms with Gasteiger partial charge >= 0.3 is 6.18 Å². The summed E-state index contributed by atoms with van der Waals surface area (Å²) in [5.74, 6) is -1.35. The SMILES string of the molecule is OC(Cc1cccnc1)c1ccc(F)c(C(F)(F)F)c1. The molecule has 0 spiro atoms. The minimum Gasteiger partial charge on any atom is -0.388 e. The van der Waals surface area contributed by atoms with E-state index in [1.165, 1.54) is 6.20 Å². The van der Waals surface area contributed by atoms with Gasteiger partial charge in [-0.3, -0.25) is 4.98 Å². The van der Waals surface area contributed by atoms with Gasteiger partial charge in [0.05, 0.1) is 11.7 Å². The van der Waals surface area contributed by atoms with E-state index in [4.69, 9.17) is 0 Å². The first-order chi connectivity index (χ1) is 9.38. The number of nitrogens with zero attached hydrogens (tertiary/aromatic N) is 1. The van der Waals surface area contributed by atoms with Crippen LogP contribution in [0.25, 0.3) is 0 Å². The number of aliphatic hydroxyl groups excluding tert-OH is 1. The molecule has 1 aromatic heterocycles. The molecule has 0 aliphatic carbocycles. The molecular weight excluding hydrogens is 274 g/mol. The quantitative estimate of drug-likeness (QED) is 0.875. The molecule has 1 heterocycles. The van der Waals surface area contributed by atoms with Gasteiger partial charge in [-0.1, -0.05) is 12.1 Å². The Morgan fingerprint density at radius 1 is 1.20 bits per heavy atom. The monoisotopic (exact) mass is 285 g/mol. The third kappa shape index (κ3) is 3.33. The van der Waals surface area contributed by atoms with Crippen molar-refractivity contribution in [2.24, 2.45) is 0 Å². The molecule has 0 aliphatic rings. The Labute approximate surface area is 112 Å². The van der Waals surface area contributed by atoms with Crippen LogP contribution in [0.1, 0.15) is 22.8 Å². The van der Waals surface area contributed by atoms with Crippen molar-refractivity contribution in [1.29, 1.82) is 0 Å². The highest BCUT2D eigenvalue weighted by atomic mass is 19.4. The van der Waals surface area contributed by atoms with Crippen LogP contribution in [0.15, 0.2) is 42.7 Å². The fourth-order valence-corrected chi connectivity index (χ4v) is 1.83. The maximum absolute atomic E-state index is 13.1. The highest BCUT2D eigenvalue weighted by Gasteiger charge is 2.34. The molecule has 1 unspecified atom stereocenters. The lowest BCUT2D eigenvalue weighted by Gasteiger charge is -2.14. The van der Waals surface area contributed by atoms with Gasteiger partial charge in [0.1, 0.15) is 5.82 Å². The molecular formula is C14H11F4NO. The number of hydrogen-bond donors (Lipinski definition) is 1. The van der Waals surface area contributed by atoms with Crippen LogP contribution in [-0.2, 0) is 12.6 Å². The van der Waals surface area contributed by atoms with Gasteiger partial charge in [0.2, 0.25) is 0 Å². The molecule has 106 valence electrons. The lowest BCUT2D eigenvalue weighted by atomic mass is 10.00. The molecule has 1 aromatic carbocycles. The second-order valence-electron chi connectivity index (χ2n) is 4.32. The van der Waals surface area contributed by atoms with E-state index in [2.05, 4.69) is 4.98 Å². The summed E-state index contributed by atoms with van der Waals surface area (Å²) in [5, 5.41) is 9.94. The Hall–Kier alpha value is -1.95. The molecule has 2 rings (SSSR count). The smallest absolute Gasteiger partial charge is 0.388 e. The minimum absolute atomic E-state index is 0.0163. The first-order valence-corrected chi connectivity index (χ1v) is 5.81. The molecule has 0 amide bonds. The van der Waals surface area contributed by atoms with Crippen LogP contribution in [0.5, 0.6) is 0 Å². The summed E-state index contributed by atoms with van der Waals surface area (Å²) in [5.41, 5.74) is -0.680. The number of pyridine rings is 1. The largest absolute Gasteiger partial charge is 0.419 e. The fourth-order valence-electron chi connectivity index (χ4n) is 1.83. The van der Waals surface area contributed by atoms with E-state index in [0.29, 0.717) is 17.7 Å². The van der Waals surface area contributed by atoms with Crippen molar-refractivity contribution in [2.45, 2.75) is 18.7 Å². The van der Waals surface area contributed by atoms with Crippen molar-refractivity contribution in [3.05, 3.63) is 65.2 Å². The van der Waals surface area contributed by atoms with Gasteiger partial charge in [0, 0.05) is 18.8 Å². The van der Waals surface area contributed by atoms with E-state index in [1.807, 2.05) is 0 Å². The van der Waals surface area contributed by atoms with Crippen LogP contribution in [0.2, 0.25) is 0 Å². The zero-order valence-corrected chi connectivity index (χ0v) is 10.2. The molecule has 2 aromatic rings. The molecule has 1 atom stereocenters. The third-order valence-corrected chi connectivity index (χ3v) is 2.83. The Bertz CT molecular complexity index is 583. The molecule has 0 radical (unpaired) electrons. The van der Waals surface area contributed by atoms with Gasteiger partial charge in [-0.25, -0.2) is 4.39 Å². The van der Waals surface area contributed by atoms with Crippen molar-refractivity contribution in [3.8, 4) is 0 Å². The van der Waals surface area contributed by atoms with Crippen LogP contribution in [0.3, 0.4) is 0 Å². The van der Waals surface area contributed by atoms with Crippen molar-refractivity contribution >= 4 is 0 Å². The summed E-state index contributed by atoms with van der Waals surface area (Å²) in [6.45, 7) is 0. The number of hydrogen-bond acceptors (Lipinski definition) is 2. The third-order valence-electron chi connectivity index (χ3n) is 2.83. The van der Waals surface area contributed by atoms with Crippen LogP contribution in [0, 0.1) is 5.82 Å². The van der Waals surface area contributed by atoms with Crippen molar-refractivity contribution in [1.82, 2.24) is 4.98 Å². The average molecular weight is 285 g/mol. The normalized spacial score (nSPS) is 13.2. The van der Waals surface area contributed by atoms with Gasteiger partial charge in [0.15, 0.2) is 0 Å². The minimum atomic E-state index is -4.78. The summed E-state index contributed by atoms with van der Waals surface area (Å²) < 4.78 is 50.9. The summed E-state index contributed by atoms with van der Waals surface area (Å²) >= 11 is 0. The highest BCUT2D eigenvalue weighted by molar-refractivity contribution is 5.29. The number of aromatic nitrogens is 1. The molecule has 0 saturated carbocycles. The lowest BCUT2D eigenvalue weighted by molar-refractivity contribution is -0.140. The predicted octanol–water partition coefficient (Wildman–Crippen LogP) is 3.52. The van der Waals surface area contributed by atoms with E-state index in [0.717, 1.165) is 6.07 Å². The number of aliphatic hydroxyl groups is 1. The molecule has 2 nitrogen and oxygen atoms in total. The number of halogens is 4. The molecule has 0 saturated heterocycles. The van der Waals surface area contributed by atoms with Crippen LogP contribution in [0.4, 0.5) is 17.6 Å². The zero-order chi connectivity index (χ0) is 14.8. The van der Waals surface area contributed by atoms with Gasteiger partial charge < -0.3 is 5.11 Å². The van der Waals surface area contributed by atoms with E-state index in [9.17, 15) is 22.7 Å². The fraction of sp³-hybridized carbons (Fsp3) is 0.214. The lowest BCUT2D eigenvalue weighted by Crippen LogP contribution is -2.10. The molecule has 20 heavy (non-hydrogen) atoms. The number of alkyl halides is 3. The molecule has 1 N–H and O–H groups in total. The van der Waals surface area contributed by atoms with E-state index in [-0.39, 0.29) is 12.0 Å². The summed E-state index contributed by atoms with van der Waals surface area (Å²) in [7, 11) is 0. The molecule has 0 bridgehead atoms. The van der Waals surface area contributed by atoms with E-state index >= 15 is 0 Å². The predicted molar refractivity (Wildman–Crippen MR) is 64.3 cm³/mol. The highest BCUT2D eigenvalue weighted by Crippen LogP contribution is 2.33. The zero-order valence-electron chi connectivity index (χ0n) is 10.2. The van der Waals surface area contributed by atoms with Crippen LogP contribution >= 0.6 is 0 Å². The standard InChI is InChI=1S/C14H11F4NO/c15-12-4-3-10(7-11(12)14(16,17)18)13(20)6-9-2-1-5-19-8-9/h1-5,7-8,13,20H,6H2. The number of benzene rings is 1. The maximum atomic E-state index is 13.1. The first-order valence-electron chi connectivity index (χ1n) is 5.81. The Balaban J connectivity index is 2.25. The van der Waals surface area contributed by atoms with E-state index < -0.39 is 23.7 Å². The van der Waals surface area contributed by atoms with E-state index in [1.54, 1.807) is 18.3 Å². The first kappa shape index (κ1) is 14.5.